The zero-order valence-corrected chi connectivity index (χ0v) is 15.6. The molecule has 2 aliphatic rings. The van der Waals surface area contributed by atoms with Gasteiger partial charge < -0.3 is 15.2 Å². The fourth-order valence-corrected chi connectivity index (χ4v) is 4.06. The predicted molar refractivity (Wildman–Crippen MR) is 103 cm³/mol. The SMILES string of the molecule is O=C(N[C@H]1c2ccccc2C[C@H]1O)[C@@H]1CCCN1C(=O)OCc1ccccc1. The summed E-state index contributed by atoms with van der Waals surface area (Å²) in [5.41, 5.74) is 2.90. The van der Waals surface area contributed by atoms with E-state index in [9.17, 15) is 14.7 Å². The van der Waals surface area contributed by atoms with Gasteiger partial charge in [0.15, 0.2) is 0 Å². The van der Waals surface area contributed by atoms with Gasteiger partial charge in [-0.15, -0.1) is 0 Å². The van der Waals surface area contributed by atoms with Gasteiger partial charge in [-0.25, -0.2) is 4.79 Å². The smallest absolute Gasteiger partial charge is 0.410 e. The van der Waals surface area contributed by atoms with Crippen molar-refractivity contribution >= 4 is 12.0 Å². The molecular formula is C22H24N2O4. The standard InChI is InChI=1S/C22H24N2O4/c25-19-13-16-9-4-5-10-17(16)20(19)23-21(26)18-11-6-12-24(18)22(27)28-14-15-7-2-1-3-8-15/h1-5,7-10,18-20,25H,6,11-14H2,(H,23,26)/t18-,19+,20-/m0/s1. The molecule has 1 fully saturated rings. The number of benzene rings is 2. The van der Waals surface area contributed by atoms with Crippen molar-refractivity contribution in [1.29, 1.82) is 0 Å². The highest BCUT2D eigenvalue weighted by Crippen LogP contribution is 2.32. The van der Waals surface area contributed by atoms with Crippen LogP contribution in [0.4, 0.5) is 4.79 Å². The molecule has 0 saturated carbocycles. The van der Waals surface area contributed by atoms with Crippen molar-refractivity contribution < 1.29 is 19.4 Å². The van der Waals surface area contributed by atoms with Gasteiger partial charge in [-0.1, -0.05) is 54.6 Å². The third-order valence-electron chi connectivity index (χ3n) is 5.50. The molecule has 6 heteroatoms. The Bertz CT molecular complexity index is 855. The Morgan fingerprint density at radius 3 is 2.68 bits per heavy atom. The van der Waals surface area contributed by atoms with Gasteiger partial charge in [0.1, 0.15) is 12.6 Å². The number of hydrogen-bond acceptors (Lipinski definition) is 4. The first-order valence-electron chi connectivity index (χ1n) is 9.67. The lowest BCUT2D eigenvalue weighted by molar-refractivity contribution is -0.126. The van der Waals surface area contributed by atoms with E-state index in [1.165, 1.54) is 4.90 Å². The summed E-state index contributed by atoms with van der Waals surface area (Å²) in [7, 11) is 0. The Morgan fingerprint density at radius 1 is 1.11 bits per heavy atom. The zero-order valence-electron chi connectivity index (χ0n) is 15.6. The van der Waals surface area contributed by atoms with E-state index in [1.54, 1.807) is 0 Å². The highest BCUT2D eigenvalue weighted by atomic mass is 16.6. The molecule has 1 heterocycles. The molecule has 0 spiro atoms. The topological polar surface area (TPSA) is 78.9 Å². The quantitative estimate of drug-likeness (QED) is 0.855. The summed E-state index contributed by atoms with van der Waals surface area (Å²) < 4.78 is 5.40. The number of nitrogens with zero attached hydrogens (tertiary/aromatic N) is 1. The molecule has 0 radical (unpaired) electrons. The molecule has 4 rings (SSSR count). The number of fused-ring (bicyclic) bond motifs is 1. The number of ether oxygens (including phenoxy) is 1. The van der Waals surface area contributed by atoms with Crippen LogP contribution < -0.4 is 5.32 Å². The molecule has 28 heavy (non-hydrogen) atoms. The van der Waals surface area contributed by atoms with E-state index in [2.05, 4.69) is 5.32 Å². The Balaban J connectivity index is 1.39. The minimum atomic E-state index is -0.652. The second-order valence-electron chi connectivity index (χ2n) is 7.35. The van der Waals surface area contributed by atoms with E-state index >= 15 is 0 Å². The molecule has 2 amide bonds. The molecule has 3 atom stereocenters. The maximum Gasteiger partial charge on any atom is 0.410 e. The summed E-state index contributed by atoms with van der Waals surface area (Å²) in [4.78, 5) is 26.9. The lowest BCUT2D eigenvalue weighted by Crippen LogP contribution is -2.48. The van der Waals surface area contributed by atoms with Gasteiger partial charge in [0.2, 0.25) is 5.91 Å². The summed E-state index contributed by atoms with van der Waals surface area (Å²) in [5.74, 6) is -0.241. The number of rotatable bonds is 4. The van der Waals surface area contributed by atoms with Crippen molar-refractivity contribution in [3.63, 3.8) is 0 Å². The number of likely N-dealkylation sites (tertiary alicyclic amines) is 1. The van der Waals surface area contributed by atoms with Crippen molar-refractivity contribution in [1.82, 2.24) is 10.2 Å². The summed E-state index contributed by atoms with van der Waals surface area (Å²) in [6.07, 6.45) is 0.739. The van der Waals surface area contributed by atoms with Crippen LogP contribution in [0.15, 0.2) is 54.6 Å². The molecule has 146 valence electrons. The van der Waals surface area contributed by atoms with Crippen LogP contribution in [-0.2, 0) is 22.6 Å². The minimum Gasteiger partial charge on any atom is -0.445 e. The first kappa shape index (κ1) is 18.5. The van der Waals surface area contributed by atoms with Crippen LogP contribution >= 0.6 is 0 Å². The second kappa shape index (κ2) is 8.02. The summed E-state index contributed by atoms with van der Waals surface area (Å²) in [6.45, 7) is 0.675. The fraction of sp³-hybridized carbons (Fsp3) is 0.364. The first-order chi connectivity index (χ1) is 13.6. The van der Waals surface area contributed by atoms with Gasteiger partial charge in [-0.3, -0.25) is 9.69 Å². The van der Waals surface area contributed by atoms with E-state index in [1.807, 2.05) is 54.6 Å². The molecule has 0 unspecified atom stereocenters. The Hall–Kier alpha value is -2.86. The fourth-order valence-electron chi connectivity index (χ4n) is 4.06. The van der Waals surface area contributed by atoms with Crippen LogP contribution in [0.2, 0.25) is 0 Å². The largest absolute Gasteiger partial charge is 0.445 e. The molecular weight excluding hydrogens is 356 g/mol. The number of aliphatic hydroxyl groups is 1. The van der Waals surface area contributed by atoms with E-state index in [0.29, 0.717) is 19.4 Å². The summed E-state index contributed by atoms with van der Waals surface area (Å²) in [5, 5.41) is 13.3. The number of nitrogens with one attached hydrogen (secondary N) is 1. The molecule has 2 aromatic rings. The van der Waals surface area contributed by atoms with Crippen LogP contribution in [0.5, 0.6) is 0 Å². The average molecular weight is 380 g/mol. The monoisotopic (exact) mass is 380 g/mol. The van der Waals surface area contributed by atoms with E-state index in [-0.39, 0.29) is 12.5 Å². The van der Waals surface area contributed by atoms with Crippen LogP contribution in [0.1, 0.15) is 35.6 Å². The summed E-state index contributed by atoms with van der Waals surface area (Å²) in [6, 6.07) is 16.2. The number of carbonyl (C=O) groups excluding carboxylic acids is 2. The molecule has 0 aromatic heterocycles. The molecule has 0 bridgehead atoms. The van der Waals surface area contributed by atoms with E-state index in [4.69, 9.17) is 4.74 Å². The van der Waals surface area contributed by atoms with Gasteiger partial charge in [0.05, 0.1) is 12.1 Å². The molecule has 1 aliphatic carbocycles. The molecule has 2 aromatic carbocycles. The number of aliphatic hydroxyl groups excluding tert-OH is 1. The second-order valence-corrected chi connectivity index (χ2v) is 7.35. The van der Waals surface area contributed by atoms with Gasteiger partial charge in [0, 0.05) is 13.0 Å². The maximum atomic E-state index is 12.9. The first-order valence-corrected chi connectivity index (χ1v) is 9.67. The van der Waals surface area contributed by atoms with Crippen LogP contribution in [0.25, 0.3) is 0 Å². The Morgan fingerprint density at radius 2 is 1.86 bits per heavy atom. The zero-order chi connectivity index (χ0) is 19.5. The predicted octanol–water partition coefficient (Wildman–Crippen LogP) is 2.56. The maximum absolute atomic E-state index is 12.9. The summed E-state index contributed by atoms with van der Waals surface area (Å²) >= 11 is 0. The molecule has 1 aliphatic heterocycles. The van der Waals surface area contributed by atoms with Crippen LogP contribution in [-0.4, -0.2) is 40.7 Å². The third-order valence-corrected chi connectivity index (χ3v) is 5.50. The van der Waals surface area contributed by atoms with Gasteiger partial charge in [-0.05, 0) is 29.5 Å². The van der Waals surface area contributed by atoms with Crippen molar-refractivity contribution in [2.24, 2.45) is 0 Å². The van der Waals surface area contributed by atoms with Gasteiger partial charge in [0.25, 0.3) is 0 Å². The van der Waals surface area contributed by atoms with Crippen molar-refractivity contribution in [2.75, 3.05) is 6.54 Å². The number of hydrogen-bond donors (Lipinski definition) is 2. The average Bonchev–Trinajstić information content (AvgIpc) is 3.32. The van der Waals surface area contributed by atoms with Gasteiger partial charge >= 0.3 is 6.09 Å². The Kier molecular flexibility index (Phi) is 5.30. The Labute approximate surface area is 164 Å². The highest BCUT2D eigenvalue weighted by Gasteiger charge is 2.38. The molecule has 1 saturated heterocycles. The van der Waals surface area contributed by atoms with Crippen LogP contribution in [0.3, 0.4) is 0 Å². The number of amides is 2. The lowest BCUT2D eigenvalue weighted by Gasteiger charge is -2.26. The molecule has 6 nitrogen and oxygen atoms in total. The number of carbonyl (C=O) groups is 2. The van der Waals surface area contributed by atoms with Crippen molar-refractivity contribution in [3.05, 3.63) is 71.3 Å². The van der Waals surface area contributed by atoms with E-state index < -0.39 is 24.3 Å². The van der Waals surface area contributed by atoms with E-state index in [0.717, 1.165) is 23.1 Å². The van der Waals surface area contributed by atoms with Crippen LogP contribution in [0, 0.1) is 0 Å². The normalized spacial score (nSPS) is 23.3. The van der Waals surface area contributed by atoms with Crippen molar-refractivity contribution in [3.8, 4) is 0 Å². The molecule has 2 N–H and O–H groups in total. The lowest BCUT2D eigenvalue weighted by atomic mass is 10.1. The third kappa shape index (κ3) is 3.73. The van der Waals surface area contributed by atoms with Gasteiger partial charge in [-0.2, -0.15) is 0 Å². The minimum absolute atomic E-state index is 0.180. The van der Waals surface area contributed by atoms with Crippen molar-refractivity contribution in [2.45, 2.75) is 44.1 Å². The highest BCUT2D eigenvalue weighted by molar-refractivity contribution is 5.86.